The predicted molar refractivity (Wildman–Crippen MR) is 93.9 cm³/mol. The lowest BCUT2D eigenvalue weighted by molar-refractivity contribution is 0.570. The van der Waals surface area contributed by atoms with Crippen LogP contribution in [0.15, 0.2) is 23.1 Å². The first-order valence-corrected chi connectivity index (χ1v) is 8.91. The van der Waals surface area contributed by atoms with Crippen LogP contribution in [-0.2, 0) is 0 Å². The molecular weight excluding hydrogens is 284 g/mol. The maximum absolute atomic E-state index is 6.00. The molecule has 4 heteroatoms. The van der Waals surface area contributed by atoms with Gasteiger partial charge in [0.2, 0.25) is 0 Å². The van der Waals surface area contributed by atoms with E-state index in [1.54, 1.807) is 11.8 Å². The van der Waals surface area contributed by atoms with E-state index in [9.17, 15) is 0 Å². The largest absolute Gasteiger partial charge is 0.389 e. The molecule has 1 aliphatic carbocycles. The highest BCUT2D eigenvalue weighted by atomic mass is 32.2. The minimum absolute atomic E-state index is 0.514. The quantitative estimate of drug-likeness (QED) is 0.607. The van der Waals surface area contributed by atoms with E-state index in [-0.39, 0.29) is 0 Å². The molecule has 2 rings (SSSR count). The molecule has 1 aromatic carbocycles. The summed E-state index contributed by atoms with van der Waals surface area (Å²) in [6.45, 7) is 5.64. The molecule has 1 fully saturated rings. The van der Waals surface area contributed by atoms with Gasteiger partial charge in [-0.2, -0.15) is 0 Å². The van der Waals surface area contributed by atoms with Crippen LogP contribution < -0.4 is 10.6 Å². The summed E-state index contributed by atoms with van der Waals surface area (Å²) in [5.74, 6) is 0.716. The van der Waals surface area contributed by atoms with Crippen molar-refractivity contribution in [2.75, 3.05) is 17.7 Å². The van der Waals surface area contributed by atoms with Gasteiger partial charge in [0.05, 0.1) is 0 Å². The Bertz CT molecular complexity index is 481. The van der Waals surface area contributed by atoms with Crippen LogP contribution in [0.5, 0.6) is 0 Å². The zero-order chi connectivity index (χ0) is 14.7. The lowest BCUT2D eigenvalue weighted by Crippen LogP contribution is -2.30. The summed E-state index contributed by atoms with van der Waals surface area (Å²) >= 11 is 7.02. The third-order valence-corrected chi connectivity index (χ3v) is 4.70. The van der Waals surface area contributed by atoms with Crippen LogP contribution >= 0.6 is 24.0 Å². The summed E-state index contributed by atoms with van der Waals surface area (Å²) in [5, 5.41) is 0. The van der Waals surface area contributed by atoms with Gasteiger partial charge in [-0.25, -0.2) is 0 Å². The van der Waals surface area contributed by atoms with E-state index in [2.05, 4.69) is 43.2 Å². The van der Waals surface area contributed by atoms with Crippen molar-refractivity contribution in [1.82, 2.24) is 0 Å². The van der Waals surface area contributed by atoms with Gasteiger partial charge in [-0.15, -0.1) is 11.8 Å². The van der Waals surface area contributed by atoms with Gasteiger partial charge in [0, 0.05) is 28.7 Å². The molecule has 0 atom stereocenters. The lowest BCUT2D eigenvalue weighted by Gasteiger charge is -2.28. The van der Waals surface area contributed by atoms with E-state index >= 15 is 0 Å². The van der Waals surface area contributed by atoms with Crippen molar-refractivity contribution < 1.29 is 0 Å². The smallest absolute Gasteiger partial charge is 0.107 e. The summed E-state index contributed by atoms with van der Waals surface area (Å²) in [7, 11) is 0. The Morgan fingerprint density at radius 3 is 2.65 bits per heavy atom. The fraction of sp³-hybridized carbons (Fsp3) is 0.562. The van der Waals surface area contributed by atoms with Crippen molar-refractivity contribution in [1.29, 1.82) is 0 Å². The normalized spacial score (nSPS) is 14.6. The molecule has 110 valence electrons. The lowest BCUT2D eigenvalue weighted by atomic mass is 10.1. The van der Waals surface area contributed by atoms with Crippen LogP contribution in [-0.4, -0.2) is 23.8 Å². The highest BCUT2D eigenvalue weighted by Gasteiger charge is 2.31. The molecule has 0 radical (unpaired) electrons. The molecule has 1 aromatic rings. The van der Waals surface area contributed by atoms with Crippen LogP contribution in [0.2, 0.25) is 0 Å². The van der Waals surface area contributed by atoms with Crippen molar-refractivity contribution >= 4 is 34.7 Å². The van der Waals surface area contributed by atoms with Crippen LogP contribution in [0.25, 0.3) is 0 Å². The second-order valence-corrected chi connectivity index (χ2v) is 7.11. The van der Waals surface area contributed by atoms with E-state index in [1.807, 2.05) is 0 Å². The van der Waals surface area contributed by atoms with Gasteiger partial charge in [-0.05, 0) is 43.6 Å². The highest BCUT2D eigenvalue weighted by Crippen LogP contribution is 2.37. The SMILES string of the molecule is CSc1cccc(N(CCC(C)C)C2CC2)c1C(N)=S. The first-order chi connectivity index (χ1) is 9.54. The minimum Gasteiger partial charge on any atom is -0.389 e. The molecule has 0 aliphatic heterocycles. The number of hydrogen-bond donors (Lipinski definition) is 1. The average Bonchev–Trinajstić information content (AvgIpc) is 3.22. The van der Waals surface area contributed by atoms with Gasteiger partial charge < -0.3 is 10.6 Å². The number of anilines is 1. The standard InChI is InChI=1S/C16H24N2S2/c1-11(2)9-10-18(12-7-8-12)13-5-4-6-14(20-3)15(13)16(17)19/h4-6,11-12H,7-10H2,1-3H3,(H2,17,19). The summed E-state index contributed by atoms with van der Waals surface area (Å²) in [5.41, 5.74) is 8.29. The third-order valence-electron chi connectivity index (χ3n) is 3.71. The first kappa shape index (κ1) is 15.6. The first-order valence-electron chi connectivity index (χ1n) is 7.28. The Hall–Kier alpha value is -0.740. The minimum atomic E-state index is 0.514. The Morgan fingerprint density at radius 2 is 2.15 bits per heavy atom. The van der Waals surface area contributed by atoms with Crippen molar-refractivity contribution in [3.8, 4) is 0 Å². The van der Waals surface area contributed by atoms with E-state index in [4.69, 9.17) is 18.0 Å². The fourth-order valence-corrected chi connectivity index (χ4v) is 3.37. The maximum atomic E-state index is 6.00. The monoisotopic (exact) mass is 308 g/mol. The van der Waals surface area contributed by atoms with Crippen LogP contribution in [0.3, 0.4) is 0 Å². The van der Waals surface area contributed by atoms with Gasteiger partial charge in [0.15, 0.2) is 0 Å². The predicted octanol–water partition coefficient (Wildman–Crippen LogP) is 4.06. The number of nitrogens with zero attached hydrogens (tertiary/aromatic N) is 1. The molecule has 0 bridgehead atoms. The topological polar surface area (TPSA) is 29.3 Å². The zero-order valence-corrected chi connectivity index (χ0v) is 14.2. The number of thioether (sulfide) groups is 1. The van der Waals surface area contributed by atoms with Gasteiger partial charge in [-0.1, -0.05) is 32.1 Å². The van der Waals surface area contributed by atoms with Crippen molar-refractivity contribution in [3.05, 3.63) is 23.8 Å². The van der Waals surface area contributed by atoms with E-state index in [0.717, 1.165) is 12.1 Å². The summed E-state index contributed by atoms with van der Waals surface area (Å²) < 4.78 is 0. The van der Waals surface area contributed by atoms with E-state index < -0.39 is 0 Å². The highest BCUT2D eigenvalue weighted by molar-refractivity contribution is 7.98. The number of nitrogens with two attached hydrogens (primary N) is 1. The third kappa shape index (κ3) is 3.67. The molecule has 0 aromatic heterocycles. The Balaban J connectivity index is 2.34. The van der Waals surface area contributed by atoms with Gasteiger partial charge >= 0.3 is 0 Å². The van der Waals surface area contributed by atoms with Crippen molar-refractivity contribution in [2.45, 2.75) is 44.0 Å². The summed E-state index contributed by atoms with van der Waals surface area (Å²) in [6.07, 6.45) is 5.87. The Kier molecular flexibility index (Phi) is 5.33. The molecule has 20 heavy (non-hydrogen) atoms. The maximum Gasteiger partial charge on any atom is 0.107 e. The van der Waals surface area contributed by atoms with Gasteiger partial charge in [-0.3, -0.25) is 0 Å². The van der Waals surface area contributed by atoms with Crippen LogP contribution in [0, 0.1) is 5.92 Å². The molecule has 1 aliphatic rings. The Labute approximate surface area is 132 Å². The number of thiocarbonyl (C=S) groups is 1. The fourth-order valence-electron chi connectivity index (χ4n) is 2.46. The second kappa shape index (κ2) is 6.81. The molecule has 2 N–H and O–H groups in total. The van der Waals surface area contributed by atoms with E-state index in [1.165, 1.54) is 29.8 Å². The molecule has 0 heterocycles. The summed E-state index contributed by atoms with van der Waals surface area (Å²) in [4.78, 5) is 4.22. The Morgan fingerprint density at radius 1 is 1.45 bits per heavy atom. The van der Waals surface area contributed by atoms with E-state index in [0.29, 0.717) is 16.9 Å². The van der Waals surface area contributed by atoms with Crippen molar-refractivity contribution in [3.63, 3.8) is 0 Å². The van der Waals surface area contributed by atoms with Crippen LogP contribution in [0.1, 0.15) is 38.7 Å². The molecule has 0 amide bonds. The van der Waals surface area contributed by atoms with Gasteiger partial charge in [0.25, 0.3) is 0 Å². The molecule has 0 unspecified atom stereocenters. The summed E-state index contributed by atoms with van der Waals surface area (Å²) in [6, 6.07) is 7.08. The van der Waals surface area contributed by atoms with Crippen LogP contribution in [0.4, 0.5) is 5.69 Å². The molecule has 1 saturated carbocycles. The molecule has 0 saturated heterocycles. The number of hydrogen-bond acceptors (Lipinski definition) is 3. The second-order valence-electron chi connectivity index (χ2n) is 5.83. The molecule has 2 nitrogen and oxygen atoms in total. The van der Waals surface area contributed by atoms with Crippen molar-refractivity contribution in [2.24, 2.45) is 11.7 Å². The van der Waals surface area contributed by atoms with Gasteiger partial charge in [0.1, 0.15) is 4.99 Å². The average molecular weight is 309 g/mol. The number of benzene rings is 1. The molecule has 0 spiro atoms. The molecular formula is C16H24N2S2. The zero-order valence-electron chi connectivity index (χ0n) is 12.6. The number of rotatable bonds is 7.